The van der Waals surface area contributed by atoms with Gasteiger partial charge >= 0.3 is 0 Å². The molecule has 2 nitrogen and oxygen atoms in total. The summed E-state index contributed by atoms with van der Waals surface area (Å²) in [4.78, 5) is 2.68. The molecule has 0 aromatic heterocycles. The van der Waals surface area contributed by atoms with Crippen LogP contribution in [0.4, 0.5) is 0 Å². The molecule has 0 amide bonds. The van der Waals surface area contributed by atoms with Gasteiger partial charge in [0, 0.05) is 12.6 Å². The molecule has 94 valence electrons. The molecule has 2 aliphatic rings. The van der Waals surface area contributed by atoms with Crippen LogP contribution in [0.1, 0.15) is 51.9 Å². The average molecular weight is 224 g/mol. The fourth-order valence-electron chi connectivity index (χ4n) is 2.81. The molecule has 1 saturated heterocycles. The second-order valence-electron chi connectivity index (χ2n) is 5.68. The summed E-state index contributed by atoms with van der Waals surface area (Å²) in [6.07, 6.45) is 9.86. The molecule has 0 aromatic carbocycles. The molecular weight excluding hydrogens is 196 g/mol. The van der Waals surface area contributed by atoms with Crippen LogP contribution in [0, 0.1) is 5.92 Å². The Kier molecular flexibility index (Phi) is 5.11. The van der Waals surface area contributed by atoms with Crippen molar-refractivity contribution in [1.82, 2.24) is 10.2 Å². The highest BCUT2D eigenvalue weighted by Crippen LogP contribution is 2.21. The number of unbranched alkanes of at least 4 members (excludes halogenated alkanes) is 1. The molecule has 0 aromatic rings. The minimum Gasteiger partial charge on any atom is -0.314 e. The number of nitrogens with one attached hydrogen (secondary N) is 1. The van der Waals surface area contributed by atoms with Crippen molar-refractivity contribution in [1.29, 1.82) is 0 Å². The van der Waals surface area contributed by atoms with Gasteiger partial charge in [0.25, 0.3) is 0 Å². The Morgan fingerprint density at radius 1 is 1.19 bits per heavy atom. The Hall–Kier alpha value is -0.0800. The second-order valence-corrected chi connectivity index (χ2v) is 5.68. The number of hydrogen-bond acceptors (Lipinski definition) is 2. The van der Waals surface area contributed by atoms with E-state index in [0.29, 0.717) is 0 Å². The van der Waals surface area contributed by atoms with E-state index in [4.69, 9.17) is 0 Å². The average Bonchev–Trinajstić information content (AvgIpc) is 2.99. The molecule has 1 aliphatic carbocycles. The zero-order chi connectivity index (χ0) is 11.2. The lowest BCUT2D eigenvalue weighted by Gasteiger charge is -2.15. The van der Waals surface area contributed by atoms with E-state index in [1.807, 2.05) is 0 Å². The van der Waals surface area contributed by atoms with Gasteiger partial charge in [0.2, 0.25) is 0 Å². The Labute approximate surface area is 101 Å². The van der Waals surface area contributed by atoms with Gasteiger partial charge in [-0.2, -0.15) is 0 Å². The molecule has 1 aliphatic heterocycles. The standard InChI is InChI=1S/C14H28N2/c1-2-5-13-8-11-16(12-13)10-4-3-9-15-14-6-7-14/h13-15H,2-12H2,1H3. The van der Waals surface area contributed by atoms with Crippen LogP contribution in [0.25, 0.3) is 0 Å². The molecule has 2 fully saturated rings. The van der Waals surface area contributed by atoms with Gasteiger partial charge in [0.05, 0.1) is 0 Å². The third kappa shape index (κ3) is 4.42. The summed E-state index contributed by atoms with van der Waals surface area (Å²) in [6.45, 7) is 7.64. The van der Waals surface area contributed by atoms with E-state index in [1.54, 1.807) is 0 Å². The maximum atomic E-state index is 3.59. The van der Waals surface area contributed by atoms with Crippen molar-refractivity contribution in [2.45, 2.75) is 57.9 Å². The predicted molar refractivity (Wildman–Crippen MR) is 69.7 cm³/mol. The van der Waals surface area contributed by atoms with Crippen LogP contribution in [-0.2, 0) is 0 Å². The van der Waals surface area contributed by atoms with Crippen LogP contribution in [0.5, 0.6) is 0 Å². The lowest BCUT2D eigenvalue weighted by Crippen LogP contribution is -2.23. The van der Waals surface area contributed by atoms with Crippen LogP contribution in [0.15, 0.2) is 0 Å². The Bertz CT molecular complexity index is 189. The molecule has 2 rings (SSSR count). The first-order valence-corrected chi connectivity index (χ1v) is 7.34. The SMILES string of the molecule is CCCC1CCN(CCCCNC2CC2)C1. The number of rotatable bonds is 8. The molecule has 0 spiro atoms. The first-order chi connectivity index (χ1) is 7.88. The first kappa shape index (κ1) is 12.4. The quantitative estimate of drug-likeness (QED) is 0.638. The van der Waals surface area contributed by atoms with Gasteiger partial charge in [-0.3, -0.25) is 0 Å². The molecule has 16 heavy (non-hydrogen) atoms. The van der Waals surface area contributed by atoms with Crippen molar-refractivity contribution >= 4 is 0 Å². The van der Waals surface area contributed by atoms with Crippen molar-refractivity contribution in [3.8, 4) is 0 Å². The minimum atomic E-state index is 0.890. The van der Waals surface area contributed by atoms with Gasteiger partial charge in [-0.05, 0) is 64.1 Å². The highest BCUT2D eigenvalue weighted by molar-refractivity contribution is 4.80. The third-order valence-electron chi connectivity index (χ3n) is 3.98. The van der Waals surface area contributed by atoms with E-state index in [0.717, 1.165) is 12.0 Å². The van der Waals surface area contributed by atoms with E-state index in [-0.39, 0.29) is 0 Å². The Morgan fingerprint density at radius 2 is 2.06 bits per heavy atom. The smallest absolute Gasteiger partial charge is 0.00682 e. The van der Waals surface area contributed by atoms with Crippen molar-refractivity contribution in [3.05, 3.63) is 0 Å². The second kappa shape index (κ2) is 6.61. The first-order valence-electron chi connectivity index (χ1n) is 7.34. The van der Waals surface area contributed by atoms with Crippen LogP contribution < -0.4 is 5.32 Å². The fourth-order valence-corrected chi connectivity index (χ4v) is 2.81. The maximum Gasteiger partial charge on any atom is 0.00682 e. The fraction of sp³-hybridized carbons (Fsp3) is 1.00. The molecule has 1 unspecified atom stereocenters. The summed E-state index contributed by atoms with van der Waals surface area (Å²) in [5, 5.41) is 3.59. The van der Waals surface area contributed by atoms with Crippen molar-refractivity contribution in [2.75, 3.05) is 26.2 Å². The Balaban J connectivity index is 1.43. The van der Waals surface area contributed by atoms with Crippen molar-refractivity contribution in [3.63, 3.8) is 0 Å². The lowest BCUT2D eigenvalue weighted by atomic mass is 10.0. The number of likely N-dealkylation sites (tertiary alicyclic amines) is 1. The lowest BCUT2D eigenvalue weighted by molar-refractivity contribution is 0.312. The number of hydrogen-bond donors (Lipinski definition) is 1. The molecule has 0 bridgehead atoms. The van der Waals surface area contributed by atoms with Gasteiger partial charge in [-0.1, -0.05) is 13.3 Å². The highest BCUT2D eigenvalue weighted by atomic mass is 15.1. The highest BCUT2D eigenvalue weighted by Gasteiger charge is 2.21. The van der Waals surface area contributed by atoms with Crippen molar-refractivity contribution < 1.29 is 0 Å². The molecule has 1 heterocycles. The summed E-state index contributed by atoms with van der Waals surface area (Å²) in [5.41, 5.74) is 0. The van der Waals surface area contributed by atoms with Gasteiger partial charge in [-0.25, -0.2) is 0 Å². The van der Waals surface area contributed by atoms with E-state index in [9.17, 15) is 0 Å². The van der Waals surface area contributed by atoms with E-state index < -0.39 is 0 Å². The van der Waals surface area contributed by atoms with E-state index in [1.165, 1.54) is 71.1 Å². The van der Waals surface area contributed by atoms with Gasteiger partial charge in [0.1, 0.15) is 0 Å². The van der Waals surface area contributed by atoms with Gasteiger partial charge < -0.3 is 10.2 Å². The topological polar surface area (TPSA) is 15.3 Å². The molecule has 1 atom stereocenters. The summed E-state index contributed by atoms with van der Waals surface area (Å²) < 4.78 is 0. The summed E-state index contributed by atoms with van der Waals surface area (Å²) in [6, 6.07) is 0.890. The zero-order valence-corrected chi connectivity index (χ0v) is 10.9. The monoisotopic (exact) mass is 224 g/mol. The maximum absolute atomic E-state index is 3.59. The third-order valence-corrected chi connectivity index (χ3v) is 3.98. The molecule has 1 saturated carbocycles. The summed E-state index contributed by atoms with van der Waals surface area (Å²) in [7, 11) is 0. The minimum absolute atomic E-state index is 0.890. The van der Waals surface area contributed by atoms with Crippen LogP contribution in [-0.4, -0.2) is 37.1 Å². The van der Waals surface area contributed by atoms with E-state index in [2.05, 4.69) is 17.1 Å². The number of nitrogens with zero attached hydrogens (tertiary/aromatic N) is 1. The molecular formula is C14H28N2. The van der Waals surface area contributed by atoms with Crippen LogP contribution >= 0.6 is 0 Å². The summed E-state index contributed by atoms with van der Waals surface area (Å²) >= 11 is 0. The largest absolute Gasteiger partial charge is 0.314 e. The van der Waals surface area contributed by atoms with Crippen LogP contribution in [0.2, 0.25) is 0 Å². The van der Waals surface area contributed by atoms with Crippen molar-refractivity contribution in [2.24, 2.45) is 5.92 Å². The van der Waals surface area contributed by atoms with Gasteiger partial charge in [0.15, 0.2) is 0 Å². The Morgan fingerprint density at radius 3 is 2.81 bits per heavy atom. The van der Waals surface area contributed by atoms with Gasteiger partial charge in [-0.15, -0.1) is 0 Å². The molecule has 2 heteroatoms. The zero-order valence-electron chi connectivity index (χ0n) is 10.9. The van der Waals surface area contributed by atoms with Crippen LogP contribution in [0.3, 0.4) is 0 Å². The molecule has 0 radical (unpaired) electrons. The molecule has 1 N–H and O–H groups in total. The predicted octanol–water partition coefficient (Wildman–Crippen LogP) is 2.64. The summed E-state index contributed by atoms with van der Waals surface area (Å²) in [5.74, 6) is 1.01. The van der Waals surface area contributed by atoms with E-state index >= 15 is 0 Å². The normalized spacial score (nSPS) is 26.4.